The van der Waals surface area contributed by atoms with Gasteiger partial charge in [-0.25, -0.2) is 0 Å². The lowest BCUT2D eigenvalue weighted by atomic mass is 10.0. The highest BCUT2D eigenvalue weighted by atomic mass is 16.5. The SMILES string of the molecule is CCCCC/C=C\C/C=C\CCCCCCCCCCCC(=O)OCCCCCCCCCCCCCCCCCCCCCCCCCCCCCCCCCCC(=O)NC(CO)C(O)CCCCCCCCCCCCC. The van der Waals surface area contributed by atoms with E-state index in [1.54, 1.807) is 0 Å². The molecule has 0 aromatic rings. The van der Waals surface area contributed by atoms with Crippen LogP contribution in [0.4, 0.5) is 0 Å². The number of unbranched alkanes of at least 4 members (excludes halogenated alkanes) is 53. The van der Waals surface area contributed by atoms with Crippen molar-refractivity contribution in [3.05, 3.63) is 24.3 Å². The van der Waals surface area contributed by atoms with Crippen molar-refractivity contribution in [2.45, 2.75) is 418 Å². The highest BCUT2D eigenvalue weighted by Gasteiger charge is 2.20. The van der Waals surface area contributed by atoms with Crippen LogP contribution in [0.3, 0.4) is 0 Å². The highest BCUT2D eigenvalue weighted by Crippen LogP contribution is 2.19. The Morgan fingerprint density at radius 1 is 0.354 bits per heavy atom. The summed E-state index contributed by atoms with van der Waals surface area (Å²) in [7, 11) is 0. The zero-order chi connectivity index (χ0) is 57.1. The van der Waals surface area contributed by atoms with E-state index in [0.717, 1.165) is 51.4 Å². The number of rotatable bonds is 68. The van der Waals surface area contributed by atoms with Crippen LogP contribution < -0.4 is 5.32 Å². The maximum absolute atomic E-state index is 12.5. The fourth-order valence-electron chi connectivity index (χ4n) is 11.5. The molecule has 79 heavy (non-hydrogen) atoms. The smallest absolute Gasteiger partial charge is 0.305 e. The Hall–Kier alpha value is -1.66. The Kier molecular flexibility index (Phi) is 67.4. The second-order valence-electron chi connectivity index (χ2n) is 24.9. The summed E-state index contributed by atoms with van der Waals surface area (Å²) < 4.78 is 5.51. The molecule has 6 heteroatoms. The van der Waals surface area contributed by atoms with Crippen LogP contribution in [0.2, 0.25) is 0 Å². The lowest BCUT2D eigenvalue weighted by Crippen LogP contribution is -2.45. The molecule has 6 nitrogen and oxygen atoms in total. The number of ether oxygens (including phenoxy) is 1. The summed E-state index contributed by atoms with van der Waals surface area (Å²) in [5.74, 6) is -0.0113. The Morgan fingerprint density at radius 3 is 0.987 bits per heavy atom. The van der Waals surface area contributed by atoms with E-state index in [1.807, 2.05) is 0 Å². The summed E-state index contributed by atoms with van der Waals surface area (Å²) in [6.07, 6.45) is 86.8. The average Bonchev–Trinajstić information content (AvgIpc) is 3.45. The molecular formula is C73H141NO5. The largest absolute Gasteiger partial charge is 0.466 e. The van der Waals surface area contributed by atoms with Crippen LogP contribution in [0.5, 0.6) is 0 Å². The van der Waals surface area contributed by atoms with E-state index in [2.05, 4.69) is 43.5 Å². The maximum atomic E-state index is 12.5. The van der Waals surface area contributed by atoms with Crippen LogP contribution in [0.15, 0.2) is 24.3 Å². The molecule has 0 heterocycles. The van der Waals surface area contributed by atoms with Gasteiger partial charge in [-0.2, -0.15) is 0 Å². The summed E-state index contributed by atoms with van der Waals surface area (Å²) in [5.41, 5.74) is 0. The van der Waals surface area contributed by atoms with E-state index in [4.69, 9.17) is 4.74 Å². The topological polar surface area (TPSA) is 95.9 Å². The van der Waals surface area contributed by atoms with E-state index < -0.39 is 12.1 Å². The van der Waals surface area contributed by atoms with Crippen molar-refractivity contribution in [2.24, 2.45) is 0 Å². The van der Waals surface area contributed by atoms with Gasteiger partial charge in [-0.15, -0.1) is 0 Å². The number of carbonyl (C=O) groups excluding carboxylic acids is 2. The van der Waals surface area contributed by atoms with Crippen LogP contribution >= 0.6 is 0 Å². The Balaban J connectivity index is 3.29. The lowest BCUT2D eigenvalue weighted by molar-refractivity contribution is -0.143. The number of hydrogen-bond donors (Lipinski definition) is 3. The molecule has 3 N–H and O–H groups in total. The van der Waals surface area contributed by atoms with E-state index in [9.17, 15) is 19.8 Å². The zero-order valence-corrected chi connectivity index (χ0v) is 53.6. The van der Waals surface area contributed by atoms with Gasteiger partial charge in [-0.3, -0.25) is 9.59 Å². The first-order valence-corrected chi connectivity index (χ1v) is 36.1. The van der Waals surface area contributed by atoms with Crippen molar-refractivity contribution < 1.29 is 24.5 Å². The molecule has 0 saturated carbocycles. The van der Waals surface area contributed by atoms with Gasteiger partial charge in [0.1, 0.15) is 0 Å². The second kappa shape index (κ2) is 68.8. The molecular weight excluding hydrogens is 971 g/mol. The molecule has 2 unspecified atom stereocenters. The van der Waals surface area contributed by atoms with Crippen molar-refractivity contribution in [3.63, 3.8) is 0 Å². The van der Waals surface area contributed by atoms with Crippen LogP contribution in [0.25, 0.3) is 0 Å². The van der Waals surface area contributed by atoms with E-state index in [-0.39, 0.29) is 18.5 Å². The molecule has 0 rings (SSSR count). The molecule has 0 aliphatic heterocycles. The molecule has 0 fully saturated rings. The minimum Gasteiger partial charge on any atom is -0.466 e. The van der Waals surface area contributed by atoms with Gasteiger partial charge >= 0.3 is 5.97 Å². The van der Waals surface area contributed by atoms with Gasteiger partial charge in [0.15, 0.2) is 0 Å². The van der Waals surface area contributed by atoms with Crippen LogP contribution in [-0.2, 0) is 14.3 Å². The molecule has 0 spiro atoms. The highest BCUT2D eigenvalue weighted by molar-refractivity contribution is 5.76. The van der Waals surface area contributed by atoms with Gasteiger partial charge in [-0.1, -0.05) is 359 Å². The van der Waals surface area contributed by atoms with E-state index in [0.29, 0.717) is 25.9 Å². The third-order valence-corrected chi connectivity index (χ3v) is 17.0. The van der Waals surface area contributed by atoms with Crippen LogP contribution in [0, 0.1) is 0 Å². The van der Waals surface area contributed by atoms with Gasteiger partial charge in [0.2, 0.25) is 5.91 Å². The normalized spacial score (nSPS) is 12.6. The Morgan fingerprint density at radius 2 is 0.633 bits per heavy atom. The van der Waals surface area contributed by atoms with Crippen molar-refractivity contribution in [1.82, 2.24) is 5.32 Å². The molecule has 2 atom stereocenters. The predicted octanol–water partition coefficient (Wildman–Crippen LogP) is 23.3. The average molecular weight is 1110 g/mol. The van der Waals surface area contributed by atoms with Crippen LogP contribution in [-0.4, -0.2) is 47.4 Å². The summed E-state index contributed by atoms with van der Waals surface area (Å²) in [5, 5.41) is 23.2. The van der Waals surface area contributed by atoms with Crippen LogP contribution in [0.1, 0.15) is 406 Å². The predicted molar refractivity (Wildman–Crippen MR) is 347 cm³/mol. The van der Waals surface area contributed by atoms with Gasteiger partial charge in [0, 0.05) is 12.8 Å². The Labute approximate surface area is 494 Å². The zero-order valence-electron chi connectivity index (χ0n) is 53.6. The minimum absolute atomic E-state index is 0.0180. The summed E-state index contributed by atoms with van der Waals surface area (Å²) in [6, 6.07) is -0.536. The van der Waals surface area contributed by atoms with E-state index >= 15 is 0 Å². The number of esters is 1. The minimum atomic E-state index is -0.659. The standard InChI is InChI=1S/C73H141NO5/c1-3-5-7-9-11-13-15-16-17-18-33-37-40-43-47-51-55-59-63-67-73(78)79-68-64-60-56-52-48-44-41-38-35-32-30-28-26-24-22-20-19-21-23-25-27-29-31-34-36-39-42-46-50-54-58-62-66-72(77)74-70(69-75)71(76)65-61-57-53-49-45-14-12-10-8-6-4-2/h11,13,16-17,70-71,75-76H,3-10,12,14-15,18-69H2,1-2H3,(H,74,77)/b13-11-,17-16-. The van der Waals surface area contributed by atoms with E-state index in [1.165, 1.54) is 321 Å². The summed E-state index contributed by atoms with van der Waals surface area (Å²) >= 11 is 0. The molecule has 0 aromatic heterocycles. The van der Waals surface area contributed by atoms with Gasteiger partial charge < -0.3 is 20.3 Å². The number of aliphatic hydroxyl groups excluding tert-OH is 2. The fraction of sp³-hybridized carbons (Fsp3) is 0.918. The molecule has 0 aromatic carbocycles. The summed E-state index contributed by atoms with van der Waals surface area (Å²) in [6.45, 7) is 4.95. The molecule has 0 radical (unpaired) electrons. The number of allylic oxidation sites excluding steroid dienone is 4. The third-order valence-electron chi connectivity index (χ3n) is 17.0. The number of amides is 1. The third kappa shape index (κ3) is 65.4. The first kappa shape index (κ1) is 77.3. The monoisotopic (exact) mass is 1110 g/mol. The van der Waals surface area contributed by atoms with Gasteiger partial charge in [0.25, 0.3) is 0 Å². The fourth-order valence-corrected chi connectivity index (χ4v) is 11.5. The van der Waals surface area contributed by atoms with Crippen molar-refractivity contribution in [2.75, 3.05) is 13.2 Å². The van der Waals surface area contributed by atoms with Crippen molar-refractivity contribution in [3.8, 4) is 0 Å². The first-order valence-electron chi connectivity index (χ1n) is 36.1. The summed E-state index contributed by atoms with van der Waals surface area (Å²) in [4.78, 5) is 24.6. The number of carbonyl (C=O) groups is 2. The number of aliphatic hydroxyl groups is 2. The molecule has 0 bridgehead atoms. The molecule has 468 valence electrons. The number of hydrogen-bond acceptors (Lipinski definition) is 5. The molecule has 1 amide bonds. The molecule has 0 saturated heterocycles. The van der Waals surface area contributed by atoms with Gasteiger partial charge in [-0.05, 0) is 57.8 Å². The Bertz CT molecular complexity index is 1230. The van der Waals surface area contributed by atoms with Crippen molar-refractivity contribution in [1.29, 1.82) is 0 Å². The quantitative estimate of drug-likeness (QED) is 0.0320. The first-order chi connectivity index (χ1) is 39.0. The van der Waals surface area contributed by atoms with Crippen molar-refractivity contribution >= 4 is 11.9 Å². The lowest BCUT2D eigenvalue weighted by Gasteiger charge is -2.22. The molecule has 0 aliphatic carbocycles. The maximum Gasteiger partial charge on any atom is 0.305 e. The van der Waals surface area contributed by atoms with Gasteiger partial charge in [0.05, 0.1) is 25.4 Å². The second-order valence-corrected chi connectivity index (χ2v) is 24.9. The molecule has 0 aliphatic rings. The number of nitrogens with one attached hydrogen (secondary N) is 1.